The molecule has 42 heavy (non-hydrogen) atoms. The molecule has 0 aromatic heterocycles. The molecule has 2 heterocycles. The predicted octanol–water partition coefficient (Wildman–Crippen LogP) is 6.76. The third kappa shape index (κ3) is 7.97. The van der Waals surface area contributed by atoms with E-state index in [1.165, 1.54) is 5.56 Å². The van der Waals surface area contributed by atoms with E-state index in [1.54, 1.807) is 4.90 Å². The van der Waals surface area contributed by atoms with Crippen LogP contribution in [-0.4, -0.2) is 63.1 Å². The standard InChI is InChI=1S/C34H41ClN2O5/c1-2-39-19-6-16-36-18-20-40-32-14-11-28(21-31(32)36)25-41-33-23-37(34(38)42-24-27-7-4-3-5-8-27)17-15-30(33)29-12-9-26(22-35)10-13-29/h3-5,7-14,21,30,33H,2,6,15-20,22-25H2,1H3. The first-order valence-corrected chi connectivity index (χ1v) is 15.5. The first-order chi connectivity index (χ1) is 20.6. The summed E-state index contributed by atoms with van der Waals surface area (Å²) >= 11 is 6.04. The Balaban J connectivity index is 1.27. The minimum Gasteiger partial charge on any atom is -0.490 e. The van der Waals surface area contributed by atoms with Crippen molar-refractivity contribution in [2.45, 2.75) is 50.9 Å². The van der Waals surface area contributed by atoms with Gasteiger partial charge in [0.2, 0.25) is 0 Å². The minimum absolute atomic E-state index is 0.156. The third-order valence-corrected chi connectivity index (χ3v) is 8.26. The van der Waals surface area contributed by atoms with Crippen LogP contribution in [0.25, 0.3) is 0 Å². The summed E-state index contributed by atoms with van der Waals surface area (Å²) in [6, 6.07) is 24.5. The van der Waals surface area contributed by atoms with Gasteiger partial charge in [0.1, 0.15) is 19.0 Å². The summed E-state index contributed by atoms with van der Waals surface area (Å²) in [7, 11) is 0. The molecule has 7 nitrogen and oxygen atoms in total. The lowest BCUT2D eigenvalue weighted by Gasteiger charge is -2.38. The van der Waals surface area contributed by atoms with Crippen LogP contribution in [-0.2, 0) is 33.3 Å². The van der Waals surface area contributed by atoms with Crippen LogP contribution in [0.3, 0.4) is 0 Å². The third-order valence-electron chi connectivity index (χ3n) is 7.95. The summed E-state index contributed by atoms with van der Waals surface area (Å²) in [6.45, 7) is 7.74. The quantitative estimate of drug-likeness (QED) is 0.171. The van der Waals surface area contributed by atoms with Crippen molar-refractivity contribution < 1.29 is 23.7 Å². The zero-order valence-electron chi connectivity index (χ0n) is 24.4. The number of piperidine rings is 1. The topological polar surface area (TPSA) is 60.5 Å². The van der Waals surface area contributed by atoms with Crippen LogP contribution in [0.5, 0.6) is 5.75 Å². The highest BCUT2D eigenvalue weighted by atomic mass is 35.5. The van der Waals surface area contributed by atoms with E-state index in [0.29, 0.717) is 32.2 Å². The monoisotopic (exact) mass is 592 g/mol. The maximum absolute atomic E-state index is 13.0. The second-order valence-electron chi connectivity index (χ2n) is 10.8. The van der Waals surface area contributed by atoms with Gasteiger partial charge in [-0.3, -0.25) is 0 Å². The van der Waals surface area contributed by atoms with E-state index in [1.807, 2.05) is 43.3 Å². The van der Waals surface area contributed by atoms with Crippen LogP contribution < -0.4 is 9.64 Å². The van der Waals surface area contributed by atoms with E-state index in [2.05, 4.69) is 41.3 Å². The number of halogens is 1. The smallest absolute Gasteiger partial charge is 0.410 e. The van der Waals surface area contributed by atoms with E-state index >= 15 is 0 Å². The maximum Gasteiger partial charge on any atom is 0.410 e. The normalized spacial score (nSPS) is 18.3. The van der Waals surface area contributed by atoms with E-state index in [0.717, 1.165) is 67.3 Å². The Morgan fingerprint density at radius 3 is 2.57 bits per heavy atom. The van der Waals surface area contributed by atoms with Crippen LogP contribution in [0.4, 0.5) is 10.5 Å². The lowest BCUT2D eigenvalue weighted by molar-refractivity contribution is -0.0246. The van der Waals surface area contributed by atoms with E-state index < -0.39 is 0 Å². The molecule has 3 aromatic carbocycles. The Hall–Kier alpha value is -3.26. The van der Waals surface area contributed by atoms with Gasteiger partial charge in [-0.1, -0.05) is 60.7 Å². The molecule has 2 atom stereocenters. The van der Waals surface area contributed by atoms with Gasteiger partial charge in [0.05, 0.1) is 31.5 Å². The number of ether oxygens (including phenoxy) is 4. The van der Waals surface area contributed by atoms with Crippen LogP contribution in [0.2, 0.25) is 0 Å². The molecule has 0 spiro atoms. The summed E-state index contributed by atoms with van der Waals surface area (Å²) in [5, 5.41) is 0. The number of fused-ring (bicyclic) bond motifs is 1. The molecular weight excluding hydrogens is 552 g/mol. The number of carbonyl (C=O) groups excluding carboxylic acids is 1. The van der Waals surface area contributed by atoms with Crippen LogP contribution >= 0.6 is 11.6 Å². The van der Waals surface area contributed by atoms with Gasteiger partial charge in [-0.2, -0.15) is 0 Å². The largest absolute Gasteiger partial charge is 0.490 e. The number of hydrogen-bond donors (Lipinski definition) is 0. The fourth-order valence-electron chi connectivity index (χ4n) is 5.64. The van der Waals surface area contributed by atoms with E-state index in [9.17, 15) is 4.79 Å². The van der Waals surface area contributed by atoms with Gasteiger partial charge >= 0.3 is 6.09 Å². The van der Waals surface area contributed by atoms with Crippen LogP contribution in [0, 0.1) is 0 Å². The molecule has 0 radical (unpaired) electrons. The van der Waals surface area contributed by atoms with Crippen LogP contribution in [0.15, 0.2) is 72.8 Å². The summed E-state index contributed by atoms with van der Waals surface area (Å²) in [6.07, 6.45) is 1.27. The predicted molar refractivity (Wildman–Crippen MR) is 165 cm³/mol. The van der Waals surface area contributed by atoms with Crippen molar-refractivity contribution in [1.82, 2.24) is 4.90 Å². The Kier molecular flexibility index (Phi) is 11.0. The lowest BCUT2D eigenvalue weighted by atomic mass is 9.86. The van der Waals surface area contributed by atoms with E-state index in [-0.39, 0.29) is 24.7 Å². The molecule has 1 saturated heterocycles. The molecule has 8 heteroatoms. The van der Waals surface area contributed by atoms with Crippen molar-refractivity contribution in [3.63, 3.8) is 0 Å². The van der Waals surface area contributed by atoms with Gasteiger partial charge in [-0.25, -0.2) is 4.79 Å². The molecule has 0 bridgehead atoms. The second-order valence-corrected chi connectivity index (χ2v) is 11.1. The zero-order valence-corrected chi connectivity index (χ0v) is 25.1. The molecule has 2 unspecified atom stereocenters. The number of anilines is 1. The van der Waals surface area contributed by atoms with Gasteiger partial charge < -0.3 is 28.7 Å². The highest BCUT2D eigenvalue weighted by molar-refractivity contribution is 6.17. The number of rotatable bonds is 12. The Morgan fingerprint density at radius 2 is 1.79 bits per heavy atom. The summed E-state index contributed by atoms with van der Waals surface area (Å²) in [5.74, 6) is 1.54. The molecule has 224 valence electrons. The summed E-state index contributed by atoms with van der Waals surface area (Å²) in [4.78, 5) is 17.2. The zero-order chi connectivity index (χ0) is 29.1. The van der Waals surface area contributed by atoms with Crippen molar-refractivity contribution in [2.24, 2.45) is 0 Å². The number of carbonyl (C=O) groups is 1. The molecule has 2 aliphatic rings. The number of likely N-dealkylation sites (tertiary alicyclic amines) is 1. The van der Waals surface area contributed by atoms with Gasteiger partial charge in [0, 0.05) is 38.1 Å². The van der Waals surface area contributed by atoms with E-state index in [4.69, 9.17) is 30.5 Å². The number of hydrogen-bond acceptors (Lipinski definition) is 6. The highest BCUT2D eigenvalue weighted by Crippen LogP contribution is 2.35. The number of alkyl halides is 1. The van der Waals surface area contributed by atoms with Crippen molar-refractivity contribution >= 4 is 23.4 Å². The maximum atomic E-state index is 13.0. The van der Waals surface area contributed by atoms with Gasteiger partial charge in [0.15, 0.2) is 0 Å². The number of benzene rings is 3. The molecule has 1 fully saturated rings. The Bertz CT molecular complexity index is 1270. The molecule has 0 N–H and O–H groups in total. The SMILES string of the molecule is CCOCCCN1CCOc2ccc(COC3CN(C(=O)OCc4ccccc4)CCC3c3ccc(CCl)cc3)cc21. The molecule has 0 aliphatic carbocycles. The fourth-order valence-corrected chi connectivity index (χ4v) is 5.82. The van der Waals surface area contributed by atoms with Crippen molar-refractivity contribution in [3.05, 3.63) is 95.1 Å². The Morgan fingerprint density at radius 1 is 0.976 bits per heavy atom. The average Bonchev–Trinajstić information content (AvgIpc) is 3.05. The molecule has 1 amide bonds. The van der Waals surface area contributed by atoms with Crippen molar-refractivity contribution in [3.8, 4) is 5.75 Å². The van der Waals surface area contributed by atoms with Crippen molar-refractivity contribution in [2.75, 3.05) is 50.9 Å². The summed E-state index contributed by atoms with van der Waals surface area (Å²) in [5.41, 5.74) is 5.43. The molecular formula is C34H41ClN2O5. The average molecular weight is 593 g/mol. The highest BCUT2D eigenvalue weighted by Gasteiger charge is 2.34. The van der Waals surface area contributed by atoms with Gasteiger partial charge in [0.25, 0.3) is 0 Å². The first kappa shape index (κ1) is 30.2. The molecule has 5 rings (SSSR count). The lowest BCUT2D eigenvalue weighted by Crippen LogP contribution is -2.47. The molecule has 0 saturated carbocycles. The molecule has 2 aliphatic heterocycles. The second kappa shape index (κ2) is 15.3. The van der Waals surface area contributed by atoms with Crippen LogP contribution in [0.1, 0.15) is 47.9 Å². The molecule has 3 aromatic rings. The minimum atomic E-state index is -0.308. The first-order valence-electron chi connectivity index (χ1n) is 14.9. The van der Waals surface area contributed by atoms with Gasteiger partial charge in [-0.15, -0.1) is 11.6 Å². The Labute approximate surface area is 254 Å². The number of amides is 1. The fraction of sp³-hybridized carbons (Fsp3) is 0.441. The summed E-state index contributed by atoms with van der Waals surface area (Å²) < 4.78 is 23.8. The number of nitrogens with zero attached hydrogens (tertiary/aromatic N) is 2. The van der Waals surface area contributed by atoms with Crippen molar-refractivity contribution in [1.29, 1.82) is 0 Å². The van der Waals surface area contributed by atoms with Gasteiger partial charge in [-0.05, 0) is 54.2 Å².